The van der Waals surface area contributed by atoms with Gasteiger partial charge in [-0.1, -0.05) is 0 Å². The number of hydrogen-bond donors (Lipinski definition) is 2. The van der Waals surface area contributed by atoms with Crippen LogP contribution in [-0.2, 0) is 16.3 Å². The van der Waals surface area contributed by atoms with E-state index < -0.39 is 15.1 Å². The van der Waals surface area contributed by atoms with Crippen molar-refractivity contribution < 1.29 is 8.42 Å². The number of nitrogens with one attached hydrogen (secondary N) is 2. The maximum atomic E-state index is 11.8. The lowest BCUT2D eigenvalue weighted by molar-refractivity contribution is 0.588. The lowest BCUT2D eigenvalue weighted by Crippen LogP contribution is -2.26. The zero-order valence-electron chi connectivity index (χ0n) is 9.78. The SMILES string of the molecule is CC(c1nc2c(c(=O)[nH]1)CCCN2)S(C)(=O)=O. The molecule has 1 aliphatic rings. The lowest BCUT2D eigenvalue weighted by atomic mass is 10.1. The Morgan fingerprint density at radius 1 is 1.41 bits per heavy atom. The summed E-state index contributed by atoms with van der Waals surface area (Å²) in [5.74, 6) is 0.719. The van der Waals surface area contributed by atoms with Crippen molar-refractivity contribution in [1.82, 2.24) is 9.97 Å². The Morgan fingerprint density at radius 2 is 2.12 bits per heavy atom. The van der Waals surface area contributed by atoms with Crippen molar-refractivity contribution in [2.24, 2.45) is 0 Å². The van der Waals surface area contributed by atoms with Gasteiger partial charge in [-0.3, -0.25) is 4.79 Å². The molecule has 1 aliphatic heterocycles. The molecule has 0 saturated heterocycles. The van der Waals surface area contributed by atoms with Crippen LogP contribution in [0.15, 0.2) is 4.79 Å². The first kappa shape index (κ1) is 12.1. The van der Waals surface area contributed by atoms with Gasteiger partial charge in [-0.25, -0.2) is 13.4 Å². The van der Waals surface area contributed by atoms with Crippen LogP contribution in [0.3, 0.4) is 0 Å². The number of nitrogens with zero attached hydrogens (tertiary/aromatic N) is 1. The molecule has 0 saturated carbocycles. The van der Waals surface area contributed by atoms with E-state index in [0.717, 1.165) is 19.2 Å². The molecule has 0 amide bonds. The van der Waals surface area contributed by atoms with Crippen LogP contribution >= 0.6 is 0 Å². The van der Waals surface area contributed by atoms with Gasteiger partial charge in [0.1, 0.15) is 16.9 Å². The molecule has 6 nitrogen and oxygen atoms in total. The van der Waals surface area contributed by atoms with Crippen LogP contribution in [0.25, 0.3) is 0 Å². The Kier molecular flexibility index (Phi) is 2.94. The van der Waals surface area contributed by atoms with Gasteiger partial charge in [0.2, 0.25) is 0 Å². The molecule has 0 aliphatic carbocycles. The van der Waals surface area contributed by atoms with E-state index in [1.54, 1.807) is 0 Å². The minimum atomic E-state index is -3.26. The predicted molar refractivity (Wildman–Crippen MR) is 64.9 cm³/mol. The van der Waals surface area contributed by atoms with Gasteiger partial charge in [0.25, 0.3) is 5.56 Å². The summed E-state index contributed by atoms with van der Waals surface area (Å²) in [6, 6.07) is 0. The zero-order chi connectivity index (χ0) is 12.6. The summed E-state index contributed by atoms with van der Waals surface area (Å²) in [5.41, 5.74) is 0.369. The topological polar surface area (TPSA) is 91.9 Å². The van der Waals surface area contributed by atoms with Crippen LogP contribution in [0.2, 0.25) is 0 Å². The molecule has 94 valence electrons. The molecule has 2 heterocycles. The second kappa shape index (κ2) is 4.14. The molecule has 1 aromatic rings. The average Bonchev–Trinajstić information content (AvgIpc) is 2.27. The van der Waals surface area contributed by atoms with Gasteiger partial charge in [-0.2, -0.15) is 0 Å². The van der Waals surface area contributed by atoms with Crippen LogP contribution in [0, 0.1) is 0 Å². The molecule has 1 unspecified atom stereocenters. The molecule has 2 rings (SSSR count). The highest BCUT2D eigenvalue weighted by atomic mass is 32.2. The number of aromatic nitrogens is 2. The van der Waals surface area contributed by atoms with Crippen molar-refractivity contribution >= 4 is 15.7 Å². The van der Waals surface area contributed by atoms with Crippen LogP contribution in [0.1, 0.15) is 30.0 Å². The van der Waals surface area contributed by atoms with Crippen molar-refractivity contribution in [3.05, 3.63) is 21.7 Å². The quantitative estimate of drug-likeness (QED) is 0.791. The molecule has 2 N–H and O–H groups in total. The van der Waals surface area contributed by atoms with E-state index in [0.29, 0.717) is 17.8 Å². The highest BCUT2D eigenvalue weighted by molar-refractivity contribution is 7.90. The second-order valence-corrected chi connectivity index (χ2v) is 6.65. The van der Waals surface area contributed by atoms with Crippen molar-refractivity contribution in [2.45, 2.75) is 25.0 Å². The molecule has 0 spiro atoms. The van der Waals surface area contributed by atoms with E-state index in [-0.39, 0.29) is 11.4 Å². The molecule has 0 radical (unpaired) electrons. The maximum Gasteiger partial charge on any atom is 0.256 e. The minimum absolute atomic E-state index is 0.200. The summed E-state index contributed by atoms with van der Waals surface area (Å²) < 4.78 is 22.9. The summed E-state index contributed by atoms with van der Waals surface area (Å²) in [6.07, 6.45) is 2.70. The molecular formula is C10H15N3O3S. The summed E-state index contributed by atoms with van der Waals surface area (Å²) in [5, 5.41) is 2.22. The summed E-state index contributed by atoms with van der Waals surface area (Å²) >= 11 is 0. The molecule has 7 heteroatoms. The standard InChI is InChI=1S/C10H15N3O3S/c1-6(17(2,15)16)8-12-9-7(10(14)13-8)4-3-5-11-9/h6H,3-5H2,1-2H3,(H2,11,12,13,14). The summed E-state index contributed by atoms with van der Waals surface area (Å²) in [7, 11) is -3.26. The second-order valence-electron chi connectivity index (χ2n) is 4.28. The Balaban J connectivity index is 2.52. The summed E-state index contributed by atoms with van der Waals surface area (Å²) in [6.45, 7) is 2.28. The van der Waals surface area contributed by atoms with E-state index in [2.05, 4.69) is 15.3 Å². The third-order valence-corrected chi connectivity index (χ3v) is 4.46. The first-order chi connectivity index (χ1) is 7.89. The highest BCUT2D eigenvalue weighted by Gasteiger charge is 2.23. The van der Waals surface area contributed by atoms with E-state index >= 15 is 0 Å². The molecule has 1 aromatic heterocycles. The van der Waals surface area contributed by atoms with Crippen LogP contribution in [-0.4, -0.2) is 31.2 Å². The Labute approximate surface area is 99.4 Å². The molecule has 0 bridgehead atoms. The molecular weight excluding hydrogens is 242 g/mol. The molecule has 0 aromatic carbocycles. The van der Waals surface area contributed by atoms with Crippen LogP contribution < -0.4 is 10.9 Å². The van der Waals surface area contributed by atoms with Crippen molar-refractivity contribution in [3.63, 3.8) is 0 Å². The normalized spacial score (nSPS) is 17.1. The van der Waals surface area contributed by atoms with Gasteiger partial charge in [0.15, 0.2) is 9.84 Å². The van der Waals surface area contributed by atoms with Gasteiger partial charge in [0.05, 0.1) is 5.56 Å². The molecule has 0 fully saturated rings. The van der Waals surface area contributed by atoms with Crippen molar-refractivity contribution in [2.75, 3.05) is 18.1 Å². The van der Waals surface area contributed by atoms with E-state index in [4.69, 9.17) is 0 Å². The van der Waals surface area contributed by atoms with Crippen LogP contribution in [0.5, 0.6) is 0 Å². The van der Waals surface area contributed by atoms with E-state index in [1.165, 1.54) is 6.92 Å². The largest absolute Gasteiger partial charge is 0.370 e. The van der Waals surface area contributed by atoms with Crippen molar-refractivity contribution in [3.8, 4) is 0 Å². The Morgan fingerprint density at radius 3 is 2.76 bits per heavy atom. The third kappa shape index (κ3) is 2.33. The van der Waals surface area contributed by atoms with Gasteiger partial charge in [-0.15, -0.1) is 0 Å². The monoisotopic (exact) mass is 257 g/mol. The number of hydrogen-bond acceptors (Lipinski definition) is 5. The number of sulfone groups is 1. The van der Waals surface area contributed by atoms with E-state index in [9.17, 15) is 13.2 Å². The van der Waals surface area contributed by atoms with Gasteiger partial charge in [-0.05, 0) is 19.8 Å². The fourth-order valence-corrected chi connectivity index (χ4v) is 2.28. The van der Waals surface area contributed by atoms with Crippen LogP contribution in [0.4, 0.5) is 5.82 Å². The lowest BCUT2D eigenvalue weighted by Gasteiger charge is -2.18. The minimum Gasteiger partial charge on any atom is -0.370 e. The first-order valence-corrected chi connectivity index (χ1v) is 7.41. The van der Waals surface area contributed by atoms with Gasteiger partial charge < -0.3 is 10.3 Å². The zero-order valence-corrected chi connectivity index (χ0v) is 10.6. The van der Waals surface area contributed by atoms with E-state index in [1.807, 2.05) is 0 Å². The highest BCUT2D eigenvalue weighted by Crippen LogP contribution is 2.20. The number of aromatic amines is 1. The Hall–Kier alpha value is -1.37. The number of anilines is 1. The number of H-pyrrole nitrogens is 1. The maximum absolute atomic E-state index is 11.8. The number of fused-ring (bicyclic) bond motifs is 1. The summed E-state index contributed by atoms with van der Waals surface area (Å²) in [4.78, 5) is 18.5. The van der Waals surface area contributed by atoms with Crippen molar-refractivity contribution in [1.29, 1.82) is 0 Å². The molecule has 1 atom stereocenters. The fraction of sp³-hybridized carbons (Fsp3) is 0.600. The van der Waals surface area contributed by atoms with Gasteiger partial charge in [0, 0.05) is 12.8 Å². The predicted octanol–water partition coefficient (Wildman–Crippen LogP) is 0.234. The number of rotatable bonds is 2. The first-order valence-electron chi connectivity index (χ1n) is 5.45. The third-order valence-electron chi connectivity index (χ3n) is 2.96. The smallest absolute Gasteiger partial charge is 0.256 e. The fourth-order valence-electron chi connectivity index (χ4n) is 1.76. The molecule has 17 heavy (non-hydrogen) atoms. The Bertz CT molecular complexity index is 591. The average molecular weight is 257 g/mol. The van der Waals surface area contributed by atoms with Gasteiger partial charge >= 0.3 is 0 Å².